The summed E-state index contributed by atoms with van der Waals surface area (Å²) in [6, 6.07) is 10.6. The molecule has 0 amide bonds. The van der Waals surface area contributed by atoms with Crippen molar-refractivity contribution in [3.63, 3.8) is 0 Å². The fraction of sp³-hybridized carbons (Fsp3) is 0.267. The van der Waals surface area contributed by atoms with Crippen LogP contribution in [-0.4, -0.2) is 46.0 Å². The van der Waals surface area contributed by atoms with Gasteiger partial charge in [0.15, 0.2) is 11.5 Å². The molecule has 1 fully saturated rings. The maximum atomic E-state index is 13.4. The summed E-state index contributed by atoms with van der Waals surface area (Å²) in [7, 11) is 1.96. The number of nitrogens with one attached hydrogen (secondary N) is 1. The Balaban J connectivity index is 1.74. The molecule has 0 saturated carbocycles. The van der Waals surface area contributed by atoms with Crippen LogP contribution < -0.4 is 10.2 Å². The summed E-state index contributed by atoms with van der Waals surface area (Å²) < 4.78 is 15.1. The monoisotopic (exact) mass is 298 g/mol. The third-order valence-corrected chi connectivity index (χ3v) is 3.95. The molecule has 6 nitrogen and oxygen atoms in total. The van der Waals surface area contributed by atoms with E-state index in [0.717, 1.165) is 18.9 Å². The molecule has 0 unspecified atom stereocenters. The Kier molecular flexibility index (Phi) is 3.00. The van der Waals surface area contributed by atoms with E-state index in [0.29, 0.717) is 23.1 Å². The number of aromatic nitrogens is 4. The molecule has 1 N–H and O–H groups in total. The molecule has 112 valence electrons. The Labute approximate surface area is 126 Å². The first-order valence-corrected chi connectivity index (χ1v) is 7.15. The van der Waals surface area contributed by atoms with Crippen LogP contribution in [0.5, 0.6) is 0 Å². The minimum atomic E-state index is -0.301. The van der Waals surface area contributed by atoms with E-state index in [1.165, 1.54) is 12.1 Å². The Bertz CT molecular complexity index is 824. The number of anilines is 1. The first-order valence-electron chi connectivity index (χ1n) is 7.15. The summed E-state index contributed by atoms with van der Waals surface area (Å²) in [5.41, 5.74) is 1.31. The standard InChI is InChI=1S/C15H15FN6/c1-17-12-8-21(9-12)14-6-5-13-18-19-15(22(13)20-14)10-3-2-4-11(16)7-10/h2-7,12,17H,8-9H2,1H3. The molecule has 1 saturated heterocycles. The lowest BCUT2D eigenvalue weighted by Crippen LogP contribution is -2.57. The van der Waals surface area contributed by atoms with Crippen LogP contribution in [0.25, 0.3) is 17.0 Å². The smallest absolute Gasteiger partial charge is 0.185 e. The molecule has 1 aliphatic heterocycles. The molecular weight excluding hydrogens is 283 g/mol. The van der Waals surface area contributed by atoms with Gasteiger partial charge in [-0.2, -0.15) is 4.52 Å². The van der Waals surface area contributed by atoms with Crippen molar-refractivity contribution in [2.24, 2.45) is 0 Å². The van der Waals surface area contributed by atoms with Crippen molar-refractivity contribution in [2.45, 2.75) is 6.04 Å². The zero-order valence-corrected chi connectivity index (χ0v) is 12.1. The van der Waals surface area contributed by atoms with Crippen LogP contribution >= 0.6 is 0 Å². The van der Waals surface area contributed by atoms with Gasteiger partial charge >= 0.3 is 0 Å². The fourth-order valence-electron chi connectivity index (χ4n) is 2.60. The maximum Gasteiger partial charge on any atom is 0.185 e. The average molecular weight is 298 g/mol. The summed E-state index contributed by atoms with van der Waals surface area (Å²) in [4.78, 5) is 2.18. The molecule has 2 aromatic heterocycles. The Morgan fingerprint density at radius 1 is 1.18 bits per heavy atom. The maximum absolute atomic E-state index is 13.4. The number of hydrogen-bond donors (Lipinski definition) is 1. The number of fused-ring (bicyclic) bond motifs is 1. The first kappa shape index (κ1) is 13.1. The van der Waals surface area contributed by atoms with Crippen LogP contribution in [0.1, 0.15) is 0 Å². The second kappa shape index (κ2) is 5.03. The lowest BCUT2D eigenvalue weighted by Gasteiger charge is -2.39. The Hall–Kier alpha value is -2.54. The third-order valence-electron chi connectivity index (χ3n) is 3.95. The van der Waals surface area contributed by atoms with E-state index in [1.807, 2.05) is 19.2 Å². The summed E-state index contributed by atoms with van der Waals surface area (Å²) in [6.45, 7) is 1.85. The summed E-state index contributed by atoms with van der Waals surface area (Å²) in [5, 5.41) is 16.1. The Morgan fingerprint density at radius 2 is 2.05 bits per heavy atom. The van der Waals surface area contributed by atoms with Crippen molar-refractivity contribution in [2.75, 3.05) is 25.0 Å². The molecule has 0 atom stereocenters. The van der Waals surface area contributed by atoms with E-state index in [2.05, 4.69) is 25.5 Å². The summed E-state index contributed by atoms with van der Waals surface area (Å²) in [6.07, 6.45) is 0. The molecular formula is C15H15FN6. The normalized spacial score (nSPS) is 15.3. The molecule has 7 heteroatoms. The minimum absolute atomic E-state index is 0.301. The van der Waals surface area contributed by atoms with E-state index >= 15 is 0 Å². The topological polar surface area (TPSA) is 58.3 Å². The highest BCUT2D eigenvalue weighted by Crippen LogP contribution is 2.22. The molecule has 1 aliphatic rings. The van der Waals surface area contributed by atoms with E-state index in [9.17, 15) is 4.39 Å². The number of likely N-dealkylation sites (N-methyl/N-ethyl adjacent to an activating group) is 1. The average Bonchev–Trinajstić information content (AvgIpc) is 2.89. The van der Waals surface area contributed by atoms with E-state index in [1.54, 1.807) is 16.6 Å². The van der Waals surface area contributed by atoms with Crippen LogP contribution in [-0.2, 0) is 0 Å². The van der Waals surface area contributed by atoms with Gasteiger partial charge in [0.25, 0.3) is 0 Å². The van der Waals surface area contributed by atoms with Gasteiger partial charge in [0.05, 0.1) is 0 Å². The number of rotatable bonds is 3. The number of benzene rings is 1. The molecule has 0 radical (unpaired) electrons. The second-order valence-electron chi connectivity index (χ2n) is 5.39. The van der Waals surface area contributed by atoms with Gasteiger partial charge in [0.2, 0.25) is 0 Å². The fourth-order valence-corrected chi connectivity index (χ4v) is 2.60. The lowest BCUT2D eigenvalue weighted by atomic mass is 10.1. The van der Waals surface area contributed by atoms with Gasteiger partial charge in [0, 0.05) is 24.7 Å². The first-order chi connectivity index (χ1) is 10.7. The number of nitrogens with zero attached hydrogens (tertiary/aromatic N) is 5. The summed E-state index contributed by atoms with van der Waals surface area (Å²) in [5.74, 6) is 1.11. The van der Waals surface area contributed by atoms with E-state index in [-0.39, 0.29) is 5.82 Å². The molecule has 22 heavy (non-hydrogen) atoms. The molecule has 1 aromatic carbocycles. The molecule has 3 heterocycles. The van der Waals surface area contributed by atoms with Gasteiger partial charge in [-0.05, 0) is 31.3 Å². The van der Waals surface area contributed by atoms with Crippen molar-refractivity contribution in [1.82, 2.24) is 25.1 Å². The number of halogens is 1. The predicted octanol–water partition coefficient (Wildman–Crippen LogP) is 1.34. The van der Waals surface area contributed by atoms with Crippen molar-refractivity contribution < 1.29 is 4.39 Å². The van der Waals surface area contributed by atoms with Gasteiger partial charge in [0.1, 0.15) is 11.6 Å². The van der Waals surface area contributed by atoms with Gasteiger partial charge < -0.3 is 10.2 Å². The number of hydrogen-bond acceptors (Lipinski definition) is 5. The highest BCUT2D eigenvalue weighted by Gasteiger charge is 2.26. The molecule has 0 bridgehead atoms. The van der Waals surface area contributed by atoms with Gasteiger partial charge in [-0.15, -0.1) is 15.3 Å². The van der Waals surface area contributed by atoms with Crippen molar-refractivity contribution in [3.05, 3.63) is 42.2 Å². The van der Waals surface area contributed by atoms with Gasteiger partial charge in [-0.3, -0.25) is 0 Å². The SMILES string of the molecule is CNC1CN(c2ccc3nnc(-c4cccc(F)c4)n3n2)C1. The molecule has 0 spiro atoms. The van der Waals surface area contributed by atoms with Gasteiger partial charge in [-0.1, -0.05) is 12.1 Å². The predicted molar refractivity (Wildman–Crippen MR) is 81.2 cm³/mol. The highest BCUT2D eigenvalue weighted by molar-refractivity contribution is 5.60. The third kappa shape index (κ3) is 2.10. The summed E-state index contributed by atoms with van der Waals surface area (Å²) >= 11 is 0. The molecule has 4 rings (SSSR count). The van der Waals surface area contributed by atoms with Crippen LogP contribution in [0.3, 0.4) is 0 Å². The van der Waals surface area contributed by atoms with Crippen molar-refractivity contribution >= 4 is 11.5 Å². The highest BCUT2D eigenvalue weighted by atomic mass is 19.1. The van der Waals surface area contributed by atoms with Crippen molar-refractivity contribution in [1.29, 1.82) is 0 Å². The quantitative estimate of drug-likeness (QED) is 0.791. The Morgan fingerprint density at radius 3 is 2.82 bits per heavy atom. The minimum Gasteiger partial charge on any atom is -0.352 e. The van der Waals surface area contributed by atoms with Crippen LogP contribution in [0.4, 0.5) is 10.2 Å². The van der Waals surface area contributed by atoms with E-state index < -0.39 is 0 Å². The van der Waals surface area contributed by atoms with Crippen LogP contribution in [0.2, 0.25) is 0 Å². The van der Waals surface area contributed by atoms with Crippen molar-refractivity contribution in [3.8, 4) is 11.4 Å². The molecule has 0 aliphatic carbocycles. The van der Waals surface area contributed by atoms with E-state index in [4.69, 9.17) is 0 Å². The lowest BCUT2D eigenvalue weighted by molar-refractivity contribution is 0.445. The zero-order valence-electron chi connectivity index (χ0n) is 12.1. The largest absolute Gasteiger partial charge is 0.352 e. The molecule has 3 aromatic rings. The van der Waals surface area contributed by atoms with Gasteiger partial charge in [-0.25, -0.2) is 4.39 Å². The zero-order chi connectivity index (χ0) is 15.1. The van der Waals surface area contributed by atoms with Crippen LogP contribution in [0.15, 0.2) is 36.4 Å². The second-order valence-corrected chi connectivity index (χ2v) is 5.39. The van der Waals surface area contributed by atoms with Crippen LogP contribution in [0, 0.1) is 5.82 Å².